The van der Waals surface area contributed by atoms with Crippen LogP contribution >= 0.6 is 0 Å². The van der Waals surface area contributed by atoms with Crippen LogP contribution in [0.4, 0.5) is 0 Å². The van der Waals surface area contributed by atoms with Gasteiger partial charge in [0.2, 0.25) is 0 Å². The van der Waals surface area contributed by atoms with Crippen molar-refractivity contribution in [3.8, 4) is 0 Å². The van der Waals surface area contributed by atoms with Crippen LogP contribution in [0.25, 0.3) is 0 Å². The van der Waals surface area contributed by atoms with Crippen molar-refractivity contribution < 1.29 is 47.0 Å². The molecule has 0 aromatic carbocycles. The largest absolute Gasteiger partial charge is 3.00 e. The van der Waals surface area contributed by atoms with Gasteiger partial charge in [0.25, 0.3) is 0 Å². The standard InChI is InChI=1S/C5H7O3.CH3.Y/c1-4(6)3-5(7)8-2;;/h1,3H2,2H3;1H3;/q2*-1;+3. The van der Waals surface area contributed by atoms with E-state index in [-0.39, 0.29) is 46.6 Å². The van der Waals surface area contributed by atoms with Crippen LogP contribution in [0.15, 0.2) is 0 Å². The fourth-order valence-corrected chi connectivity index (χ4v) is 0.233. The summed E-state index contributed by atoms with van der Waals surface area (Å²) in [6.45, 7) is 2.99. The van der Waals surface area contributed by atoms with Gasteiger partial charge in [-0.1, -0.05) is 0 Å². The van der Waals surface area contributed by atoms with Gasteiger partial charge in [-0.25, -0.2) is 0 Å². The van der Waals surface area contributed by atoms with Crippen LogP contribution in [0.2, 0.25) is 0 Å². The molecule has 0 amide bonds. The van der Waals surface area contributed by atoms with Crippen molar-refractivity contribution in [1.29, 1.82) is 0 Å². The molecule has 0 spiro atoms. The summed E-state index contributed by atoms with van der Waals surface area (Å²) in [6, 6.07) is 0. The van der Waals surface area contributed by atoms with Gasteiger partial charge in [-0.3, -0.25) is 4.79 Å². The van der Waals surface area contributed by atoms with Crippen molar-refractivity contribution in [2.24, 2.45) is 0 Å². The Hall–Kier alpha value is 0.114. The Labute approximate surface area is 86.4 Å². The normalized spacial score (nSPS) is 6.50. The molecule has 0 aliphatic heterocycles. The Balaban J connectivity index is -0.000000245. The average Bonchev–Trinajstić information content (AvgIpc) is 1.65. The van der Waals surface area contributed by atoms with Gasteiger partial charge in [-0.15, -0.1) is 0 Å². The van der Waals surface area contributed by atoms with Gasteiger partial charge in [-0.05, 0) is 0 Å². The van der Waals surface area contributed by atoms with Crippen molar-refractivity contribution in [1.82, 2.24) is 0 Å². The smallest absolute Gasteiger partial charge is 0.469 e. The third kappa shape index (κ3) is 11.0. The molecule has 10 heavy (non-hydrogen) atoms. The maximum absolute atomic E-state index is 10.1. The Morgan fingerprint density at radius 3 is 2.00 bits per heavy atom. The number of rotatable bonds is 2. The number of ketones is 1. The maximum Gasteiger partial charge on any atom is 3.00 e. The molecule has 0 rings (SSSR count). The van der Waals surface area contributed by atoms with Gasteiger partial charge in [0, 0.05) is 5.78 Å². The molecule has 0 aliphatic rings. The molecule has 0 aromatic rings. The Bertz CT molecular complexity index is 112. The second-order valence-electron chi connectivity index (χ2n) is 1.29. The number of hydrogen-bond donors (Lipinski definition) is 0. The topological polar surface area (TPSA) is 43.4 Å². The van der Waals surface area contributed by atoms with E-state index in [2.05, 4.69) is 11.7 Å². The third-order valence-corrected chi connectivity index (χ3v) is 0.569. The van der Waals surface area contributed by atoms with E-state index in [0.29, 0.717) is 0 Å². The number of methoxy groups -OCH3 is 1. The monoisotopic (exact) mass is 219 g/mol. The second kappa shape index (κ2) is 9.11. The van der Waals surface area contributed by atoms with Crippen LogP contribution in [0.1, 0.15) is 6.42 Å². The average molecular weight is 219 g/mol. The maximum atomic E-state index is 10.1. The van der Waals surface area contributed by atoms with Gasteiger partial charge in [0.15, 0.2) is 0 Å². The first kappa shape index (κ1) is 16.6. The molecule has 0 N–H and O–H groups in total. The molecule has 0 atom stereocenters. The summed E-state index contributed by atoms with van der Waals surface area (Å²) in [5.41, 5.74) is 0. The first-order chi connectivity index (χ1) is 3.66. The summed E-state index contributed by atoms with van der Waals surface area (Å²) in [5.74, 6) is -0.957. The SMILES string of the molecule is [CH2-]C(=O)CC(=O)OC.[CH3-].[Y+3]. The van der Waals surface area contributed by atoms with E-state index >= 15 is 0 Å². The number of hydrogen-bond acceptors (Lipinski definition) is 3. The minimum Gasteiger partial charge on any atom is -0.469 e. The fraction of sp³-hybridized carbons (Fsp3) is 0.333. The predicted molar refractivity (Wildman–Crippen MR) is 33.4 cm³/mol. The third-order valence-electron chi connectivity index (χ3n) is 0.569. The van der Waals surface area contributed by atoms with Crippen molar-refractivity contribution in [3.05, 3.63) is 14.4 Å². The summed E-state index contributed by atoms with van der Waals surface area (Å²) >= 11 is 0. The zero-order chi connectivity index (χ0) is 6.57. The summed E-state index contributed by atoms with van der Waals surface area (Å²) in [6.07, 6.45) is -0.226. The molecule has 0 aromatic heterocycles. The van der Waals surface area contributed by atoms with Crippen LogP contribution in [0, 0.1) is 14.4 Å². The quantitative estimate of drug-likeness (QED) is 0.383. The second-order valence-corrected chi connectivity index (χ2v) is 1.29. The Morgan fingerprint density at radius 2 is 1.90 bits per heavy atom. The van der Waals surface area contributed by atoms with Crippen molar-refractivity contribution in [2.75, 3.05) is 7.11 Å². The van der Waals surface area contributed by atoms with Gasteiger partial charge < -0.3 is 23.9 Å². The minimum absolute atomic E-state index is 0. The van der Waals surface area contributed by atoms with Crippen LogP contribution < -0.4 is 0 Å². The van der Waals surface area contributed by atoms with Gasteiger partial charge in [0.05, 0.1) is 13.5 Å². The summed E-state index contributed by atoms with van der Waals surface area (Å²) in [4.78, 5) is 20.1. The first-order valence-corrected chi connectivity index (χ1v) is 2.08. The molecule has 0 heterocycles. The zero-order valence-corrected chi connectivity index (χ0v) is 9.05. The molecule has 4 heteroatoms. The van der Waals surface area contributed by atoms with E-state index in [1.807, 2.05) is 0 Å². The molecule has 0 unspecified atom stereocenters. The molecule has 0 bridgehead atoms. The molecule has 0 saturated carbocycles. The van der Waals surface area contributed by atoms with E-state index in [4.69, 9.17) is 0 Å². The van der Waals surface area contributed by atoms with Crippen molar-refractivity contribution in [3.63, 3.8) is 0 Å². The zero-order valence-electron chi connectivity index (χ0n) is 6.22. The van der Waals surface area contributed by atoms with Gasteiger partial charge in [0.1, 0.15) is 0 Å². The molecule has 54 valence electrons. The van der Waals surface area contributed by atoms with E-state index in [1.54, 1.807) is 0 Å². The van der Waals surface area contributed by atoms with Crippen LogP contribution in [-0.4, -0.2) is 18.9 Å². The number of Topliss-reactive ketones (excluding diaryl/α,β-unsaturated/α-hetero) is 1. The summed E-state index contributed by atoms with van der Waals surface area (Å²) in [7, 11) is 1.23. The number of esters is 1. The van der Waals surface area contributed by atoms with E-state index in [9.17, 15) is 9.59 Å². The fourth-order valence-electron chi connectivity index (χ4n) is 0.233. The molecule has 0 fully saturated rings. The van der Waals surface area contributed by atoms with Gasteiger partial charge >= 0.3 is 38.7 Å². The predicted octanol–water partition coefficient (Wildman–Crippen LogP) is 0.400. The Morgan fingerprint density at radius 1 is 1.50 bits per heavy atom. The molecule has 0 aliphatic carbocycles. The van der Waals surface area contributed by atoms with Crippen LogP contribution in [0.3, 0.4) is 0 Å². The van der Waals surface area contributed by atoms with Crippen molar-refractivity contribution in [2.45, 2.75) is 6.42 Å². The van der Waals surface area contributed by atoms with Crippen molar-refractivity contribution >= 4 is 11.8 Å². The minimum atomic E-state index is -0.537. The van der Waals surface area contributed by atoms with Crippen LogP contribution in [0.5, 0.6) is 0 Å². The molecule has 0 radical (unpaired) electrons. The van der Waals surface area contributed by atoms with E-state index in [0.717, 1.165) is 0 Å². The molecule has 0 saturated heterocycles. The van der Waals surface area contributed by atoms with E-state index < -0.39 is 11.8 Å². The van der Waals surface area contributed by atoms with E-state index in [1.165, 1.54) is 7.11 Å². The summed E-state index contributed by atoms with van der Waals surface area (Å²) in [5, 5.41) is 0. The number of ether oxygens (including phenoxy) is 1. The number of carbonyl (C=O) groups is 2. The molecular formula is C6H10O3Y+. The summed E-state index contributed by atoms with van der Waals surface area (Å²) < 4.78 is 4.16. The van der Waals surface area contributed by atoms with Gasteiger partial charge in [-0.2, -0.15) is 0 Å². The van der Waals surface area contributed by atoms with Crippen LogP contribution in [-0.2, 0) is 47.0 Å². The molecule has 3 nitrogen and oxygen atoms in total. The molecular weight excluding hydrogens is 209 g/mol. The number of carbonyl (C=O) groups excluding carboxylic acids is 2. The Kier molecular flexibility index (Phi) is 15.1. The first-order valence-electron chi connectivity index (χ1n) is 2.08.